The summed E-state index contributed by atoms with van der Waals surface area (Å²) >= 11 is 1.76. The molecule has 2 atom stereocenters. The Hall–Kier alpha value is -1.50. The third-order valence-corrected chi connectivity index (χ3v) is 5.83. The quantitative estimate of drug-likeness (QED) is 0.834. The van der Waals surface area contributed by atoms with Crippen molar-refractivity contribution in [3.05, 3.63) is 40.3 Å². The lowest BCUT2D eigenvalue weighted by molar-refractivity contribution is -0.0427. The number of aryl methyl sites for hydroxylation is 1. The summed E-state index contributed by atoms with van der Waals surface area (Å²) in [6, 6.07) is 4.58. The van der Waals surface area contributed by atoms with Gasteiger partial charge in [-0.15, -0.1) is 0 Å². The molecule has 2 aliphatic rings. The molecule has 0 aromatic carbocycles. The number of likely N-dealkylation sites (tertiary alicyclic amines) is 1. The first-order valence-corrected chi connectivity index (χ1v) is 9.45. The number of thiophene rings is 1. The third-order valence-electron chi connectivity index (χ3n) is 5.10. The van der Waals surface area contributed by atoms with Gasteiger partial charge in [-0.2, -0.15) is 11.3 Å². The first kappa shape index (κ1) is 16.0. The number of aromatic nitrogens is 2. The van der Waals surface area contributed by atoms with Crippen molar-refractivity contribution >= 4 is 11.3 Å². The van der Waals surface area contributed by atoms with Gasteiger partial charge in [-0.3, -0.25) is 4.90 Å². The normalized spacial score (nSPS) is 27.1. The fourth-order valence-electron chi connectivity index (χ4n) is 3.83. The molecule has 6 heteroatoms. The Balaban J connectivity index is 1.45. The van der Waals surface area contributed by atoms with Crippen molar-refractivity contribution in [3.8, 4) is 6.01 Å². The van der Waals surface area contributed by atoms with Gasteiger partial charge in [0, 0.05) is 43.5 Å². The van der Waals surface area contributed by atoms with E-state index in [0.29, 0.717) is 18.7 Å². The summed E-state index contributed by atoms with van der Waals surface area (Å²) in [5, 5.41) is 4.38. The van der Waals surface area contributed by atoms with Gasteiger partial charge in [-0.1, -0.05) is 0 Å². The van der Waals surface area contributed by atoms with Gasteiger partial charge in [0.15, 0.2) is 0 Å². The van der Waals surface area contributed by atoms with Crippen molar-refractivity contribution in [1.82, 2.24) is 14.9 Å². The molecule has 2 fully saturated rings. The fraction of sp³-hybridized carbons (Fsp3) is 0.556. The fourth-order valence-corrected chi connectivity index (χ4v) is 4.49. The highest BCUT2D eigenvalue weighted by Gasteiger charge is 2.48. The molecule has 0 aliphatic carbocycles. The van der Waals surface area contributed by atoms with Gasteiger partial charge < -0.3 is 9.47 Å². The van der Waals surface area contributed by atoms with Crippen molar-refractivity contribution < 1.29 is 9.47 Å². The molecule has 128 valence electrons. The molecule has 2 aliphatic heterocycles. The van der Waals surface area contributed by atoms with Crippen molar-refractivity contribution in [3.63, 3.8) is 0 Å². The Morgan fingerprint density at radius 2 is 2.42 bits per heavy atom. The number of hydrogen-bond donors (Lipinski definition) is 0. The van der Waals surface area contributed by atoms with E-state index in [9.17, 15) is 0 Å². The third kappa shape index (κ3) is 3.31. The van der Waals surface area contributed by atoms with Crippen molar-refractivity contribution in [2.45, 2.75) is 32.4 Å². The maximum Gasteiger partial charge on any atom is 0.316 e. The summed E-state index contributed by atoms with van der Waals surface area (Å²) in [5.41, 5.74) is 2.39. The summed E-state index contributed by atoms with van der Waals surface area (Å²) in [4.78, 5) is 11.1. The zero-order chi connectivity index (χ0) is 16.4. The summed E-state index contributed by atoms with van der Waals surface area (Å²) in [7, 11) is 0. The summed E-state index contributed by atoms with van der Waals surface area (Å²) in [6.45, 7) is 6.52. The minimum atomic E-state index is 0.0569. The molecule has 0 bridgehead atoms. The molecule has 2 saturated heterocycles. The average Bonchev–Trinajstić information content (AvgIpc) is 3.22. The number of nitrogens with zero attached hydrogens (tertiary/aromatic N) is 3. The van der Waals surface area contributed by atoms with Crippen LogP contribution in [0.15, 0.2) is 29.1 Å². The van der Waals surface area contributed by atoms with Crippen LogP contribution in [0.4, 0.5) is 0 Å². The molecular formula is C18H23N3O2S. The Labute approximate surface area is 146 Å². The van der Waals surface area contributed by atoms with Crippen molar-refractivity contribution in [2.24, 2.45) is 5.41 Å². The van der Waals surface area contributed by atoms with Gasteiger partial charge in [-0.25, -0.2) is 9.97 Å². The first-order chi connectivity index (χ1) is 11.7. The maximum absolute atomic E-state index is 6.01. The van der Waals surface area contributed by atoms with E-state index in [1.807, 2.05) is 13.0 Å². The lowest BCUT2D eigenvalue weighted by Gasteiger charge is -2.43. The Bertz CT molecular complexity index is 679. The Morgan fingerprint density at radius 3 is 3.25 bits per heavy atom. The van der Waals surface area contributed by atoms with E-state index in [-0.39, 0.29) is 5.41 Å². The van der Waals surface area contributed by atoms with E-state index < -0.39 is 0 Å². The zero-order valence-corrected chi connectivity index (χ0v) is 14.8. The van der Waals surface area contributed by atoms with Crippen LogP contribution >= 0.6 is 11.3 Å². The molecule has 5 nitrogen and oxygen atoms in total. The van der Waals surface area contributed by atoms with E-state index in [0.717, 1.165) is 44.8 Å². The van der Waals surface area contributed by atoms with Crippen LogP contribution in [0.2, 0.25) is 0 Å². The SMILES string of the molecule is Cc1ccnc(OC[C@]23CCO[C@H]2CCN(Cc2ccsc2)C3)n1. The van der Waals surface area contributed by atoms with Crippen LogP contribution < -0.4 is 4.74 Å². The molecule has 4 rings (SSSR count). The van der Waals surface area contributed by atoms with Crippen LogP contribution in [0.3, 0.4) is 0 Å². The molecule has 0 unspecified atom stereocenters. The Morgan fingerprint density at radius 1 is 1.46 bits per heavy atom. The predicted molar refractivity (Wildman–Crippen MR) is 93.3 cm³/mol. The molecule has 0 N–H and O–H groups in total. The number of hydrogen-bond acceptors (Lipinski definition) is 6. The van der Waals surface area contributed by atoms with Crippen LogP contribution in [-0.2, 0) is 11.3 Å². The molecule has 0 saturated carbocycles. The zero-order valence-electron chi connectivity index (χ0n) is 14.0. The first-order valence-electron chi connectivity index (χ1n) is 8.51. The topological polar surface area (TPSA) is 47.5 Å². The van der Waals surface area contributed by atoms with Crippen LogP contribution in [0.25, 0.3) is 0 Å². The second-order valence-electron chi connectivity index (χ2n) is 6.87. The number of fused-ring (bicyclic) bond motifs is 1. The molecular weight excluding hydrogens is 322 g/mol. The molecule has 0 radical (unpaired) electrons. The van der Waals surface area contributed by atoms with Crippen molar-refractivity contribution in [2.75, 3.05) is 26.3 Å². The molecule has 0 amide bonds. The van der Waals surface area contributed by atoms with E-state index in [4.69, 9.17) is 9.47 Å². The second kappa shape index (κ2) is 6.78. The lowest BCUT2D eigenvalue weighted by atomic mass is 9.77. The van der Waals surface area contributed by atoms with Crippen LogP contribution in [0, 0.1) is 12.3 Å². The highest BCUT2D eigenvalue weighted by molar-refractivity contribution is 7.07. The number of rotatable bonds is 5. The summed E-state index contributed by atoms with van der Waals surface area (Å²) in [6.07, 6.45) is 4.16. The van der Waals surface area contributed by atoms with E-state index >= 15 is 0 Å². The van der Waals surface area contributed by atoms with Crippen LogP contribution in [-0.4, -0.2) is 47.3 Å². The number of ether oxygens (including phenoxy) is 2. The number of piperidine rings is 1. The predicted octanol–water partition coefficient (Wildman–Crippen LogP) is 2.91. The van der Waals surface area contributed by atoms with Gasteiger partial charge in [-0.05, 0) is 48.2 Å². The molecule has 24 heavy (non-hydrogen) atoms. The molecule has 2 aromatic heterocycles. The molecule has 4 heterocycles. The van der Waals surface area contributed by atoms with Gasteiger partial charge in [0.05, 0.1) is 6.10 Å². The van der Waals surface area contributed by atoms with E-state index in [2.05, 4.69) is 31.7 Å². The summed E-state index contributed by atoms with van der Waals surface area (Å²) in [5.74, 6) is 0. The van der Waals surface area contributed by atoms with Crippen LogP contribution in [0.1, 0.15) is 24.1 Å². The standard InChI is InChI=1S/C18H23N3O2S/c1-14-2-6-19-17(20-14)23-13-18-5-8-22-16(18)3-7-21(12-18)10-15-4-9-24-11-15/h2,4,6,9,11,16H,3,5,7-8,10,12-13H2,1H3/t16-,18+/m0/s1. The van der Waals surface area contributed by atoms with Gasteiger partial charge in [0.2, 0.25) is 0 Å². The Kier molecular flexibility index (Phi) is 4.52. The minimum absolute atomic E-state index is 0.0569. The van der Waals surface area contributed by atoms with Gasteiger partial charge in [0.25, 0.3) is 0 Å². The van der Waals surface area contributed by atoms with Gasteiger partial charge >= 0.3 is 6.01 Å². The highest BCUT2D eigenvalue weighted by Crippen LogP contribution is 2.41. The summed E-state index contributed by atoms with van der Waals surface area (Å²) < 4.78 is 12.0. The lowest BCUT2D eigenvalue weighted by Crippen LogP contribution is -2.52. The van der Waals surface area contributed by atoms with Gasteiger partial charge in [0.1, 0.15) is 6.61 Å². The largest absolute Gasteiger partial charge is 0.463 e. The smallest absolute Gasteiger partial charge is 0.316 e. The monoisotopic (exact) mass is 345 g/mol. The molecule has 2 aromatic rings. The highest BCUT2D eigenvalue weighted by atomic mass is 32.1. The van der Waals surface area contributed by atoms with Crippen molar-refractivity contribution in [1.29, 1.82) is 0 Å². The van der Waals surface area contributed by atoms with E-state index in [1.54, 1.807) is 17.5 Å². The van der Waals surface area contributed by atoms with Crippen LogP contribution in [0.5, 0.6) is 6.01 Å². The average molecular weight is 345 g/mol. The molecule has 0 spiro atoms. The van der Waals surface area contributed by atoms with E-state index in [1.165, 1.54) is 5.56 Å². The maximum atomic E-state index is 6.01. The second-order valence-corrected chi connectivity index (χ2v) is 7.65. The minimum Gasteiger partial charge on any atom is -0.463 e.